The van der Waals surface area contributed by atoms with Gasteiger partial charge in [0.1, 0.15) is 11.6 Å². The number of nitrogens with one attached hydrogen (secondary N) is 1. The molecule has 0 amide bonds. The number of para-hydroxylation sites is 1. The second-order valence-corrected chi connectivity index (χ2v) is 4.80. The van der Waals surface area contributed by atoms with Crippen LogP contribution in [0.4, 0.5) is 5.82 Å². The predicted octanol–water partition coefficient (Wildman–Crippen LogP) is 2.07. The van der Waals surface area contributed by atoms with Crippen LogP contribution >= 0.6 is 11.6 Å². The summed E-state index contributed by atoms with van der Waals surface area (Å²) < 4.78 is 5.34. The van der Waals surface area contributed by atoms with Gasteiger partial charge < -0.3 is 10.5 Å². The van der Waals surface area contributed by atoms with Crippen LogP contribution in [0.5, 0.6) is 5.75 Å². The number of anilines is 1. The van der Waals surface area contributed by atoms with Gasteiger partial charge in [-0.1, -0.05) is 29.8 Å². The van der Waals surface area contributed by atoms with Crippen molar-refractivity contribution in [1.82, 2.24) is 10.4 Å². The smallest absolute Gasteiger partial charge is 0.128 e. The van der Waals surface area contributed by atoms with Crippen LogP contribution in [-0.2, 0) is 6.42 Å². The quantitative estimate of drug-likeness (QED) is 0.580. The molecule has 106 valence electrons. The van der Waals surface area contributed by atoms with E-state index in [2.05, 4.69) is 10.4 Å². The number of nitrogens with two attached hydrogens (primary N) is 2. The van der Waals surface area contributed by atoms with Crippen LogP contribution in [0.15, 0.2) is 36.5 Å². The second kappa shape index (κ2) is 6.56. The average Bonchev–Trinajstić information content (AvgIpc) is 2.48. The Balaban J connectivity index is 2.31. The molecule has 1 unspecified atom stereocenters. The summed E-state index contributed by atoms with van der Waals surface area (Å²) in [6.07, 6.45) is 2.13. The van der Waals surface area contributed by atoms with Crippen LogP contribution in [0.3, 0.4) is 0 Å². The Labute approximate surface area is 122 Å². The SMILES string of the molecule is COc1ccccc1CC(NN)c1cc(Cl)cnc1N. The number of nitrogens with zero attached hydrogens (tertiary/aromatic N) is 1. The van der Waals surface area contributed by atoms with Gasteiger partial charge in [0.05, 0.1) is 18.2 Å². The number of pyridine rings is 1. The van der Waals surface area contributed by atoms with Gasteiger partial charge in [-0.05, 0) is 24.1 Å². The van der Waals surface area contributed by atoms with E-state index in [4.69, 9.17) is 27.9 Å². The number of hydrogen-bond acceptors (Lipinski definition) is 5. The Morgan fingerprint density at radius 3 is 2.85 bits per heavy atom. The van der Waals surface area contributed by atoms with Gasteiger partial charge in [-0.2, -0.15) is 0 Å². The Bertz CT molecular complexity index is 591. The largest absolute Gasteiger partial charge is 0.496 e. The van der Waals surface area contributed by atoms with Gasteiger partial charge in [0.15, 0.2) is 0 Å². The molecular weight excluding hydrogens is 276 g/mol. The van der Waals surface area contributed by atoms with Crippen molar-refractivity contribution in [3.05, 3.63) is 52.7 Å². The fraction of sp³-hybridized carbons (Fsp3) is 0.214. The highest BCUT2D eigenvalue weighted by molar-refractivity contribution is 6.30. The number of hydrogen-bond donors (Lipinski definition) is 3. The monoisotopic (exact) mass is 292 g/mol. The average molecular weight is 293 g/mol. The van der Waals surface area contributed by atoms with E-state index in [9.17, 15) is 0 Å². The fourth-order valence-electron chi connectivity index (χ4n) is 2.09. The van der Waals surface area contributed by atoms with Gasteiger partial charge in [0.2, 0.25) is 0 Å². The minimum atomic E-state index is -0.197. The van der Waals surface area contributed by atoms with Crippen LogP contribution in [0, 0.1) is 0 Å². The minimum absolute atomic E-state index is 0.197. The molecule has 0 spiro atoms. The zero-order valence-electron chi connectivity index (χ0n) is 11.1. The normalized spacial score (nSPS) is 12.2. The topological polar surface area (TPSA) is 86.2 Å². The highest BCUT2D eigenvalue weighted by Gasteiger charge is 2.17. The Kier molecular flexibility index (Phi) is 4.79. The first-order valence-corrected chi connectivity index (χ1v) is 6.52. The molecule has 1 aromatic heterocycles. The van der Waals surface area contributed by atoms with Crippen molar-refractivity contribution in [2.24, 2.45) is 5.84 Å². The second-order valence-electron chi connectivity index (χ2n) is 4.36. The van der Waals surface area contributed by atoms with E-state index in [0.717, 1.165) is 16.9 Å². The molecule has 5 N–H and O–H groups in total. The number of hydrazine groups is 1. The van der Waals surface area contributed by atoms with E-state index >= 15 is 0 Å². The summed E-state index contributed by atoms with van der Waals surface area (Å²) in [7, 11) is 1.64. The number of ether oxygens (including phenoxy) is 1. The summed E-state index contributed by atoms with van der Waals surface area (Å²) in [5.41, 5.74) is 10.4. The maximum absolute atomic E-state index is 5.97. The lowest BCUT2D eigenvalue weighted by molar-refractivity contribution is 0.405. The lowest BCUT2D eigenvalue weighted by Crippen LogP contribution is -2.30. The fourth-order valence-corrected chi connectivity index (χ4v) is 2.26. The van der Waals surface area contributed by atoms with Gasteiger partial charge in [-0.3, -0.25) is 11.3 Å². The lowest BCUT2D eigenvalue weighted by atomic mass is 9.99. The maximum Gasteiger partial charge on any atom is 0.128 e. The molecule has 0 aliphatic rings. The van der Waals surface area contributed by atoms with Crippen LogP contribution in [0.25, 0.3) is 0 Å². The summed E-state index contributed by atoms with van der Waals surface area (Å²) >= 11 is 5.97. The van der Waals surface area contributed by atoms with Gasteiger partial charge in [-0.15, -0.1) is 0 Å². The third kappa shape index (κ3) is 3.19. The van der Waals surface area contributed by atoms with Crippen LogP contribution in [0.2, 0.25) is 5.02 Å². The summed E-state index contributed by atoms with van der Waals surface area (Å²) in [5, 5.41) is 0.523. The molecule has 0 fully saturated rings. The van der Waals surface area contributed by atoms with Gasteiger partial charge in [0.25, 0.3) is 0 Å². The first kappa shape index (κ1) is 14.6. The third-order valence-electron chi connectivity index (χ3n) is 3.11. The molecule has 0 aliphatic carbocycles. The van der Waals surface area contributed by atoms with Crippen molar-refractivity contribution < 1.29 is 4.74 Å². The highest BCUT2D eigenvalue weighted by atomic mass is 35.5. The number of methoxy groups -OCH3 is 1. The molecule has 1 heterocycles. The molecule has 0 aliphatic heterocycles. The van der Waals surface area contributed by atoms with Crippen molar-refractivity contribution in [2.45, 2.75) is 12.5 Å². The number of aromatic nitrogens is 1. The first-order chi connectivity index (χ1) is 9.65. The Morgan fingerprint density at radius 2 is 2.15 bits per heavy atom. The molecule has 0 saturated carbocycles. The number of rotatable bonds is 5. The minimum Gasteiger partial charge on any atom is -0.496 e. The Hall–Kier alpha value is -1.82. The molecule has 1 aromatic carbocycles. The molecular formula is C14H17ClN4O. The van der Waals surface area contributed by atoms with E-state index < -0.39 is 0 Å². The molecule has 2 rings (SSSR count). The zero-order chi connectivity index (χ0) is 14.5. The lowest BCUT2D eigenvalue weighted by Gasteiger charge is -2.19. The molecule has 6 heteroatoms. The van der Waals surface area contributed by atoms with E-state index in [-0.39, 0.29) is 6.04 Å². The third-order valence-corrected chi connectivity index (χ3v) is 3.32. The summed E-state index contributed by atoms with van der Waals surface area (Å²) in [5.74, 6) is 6.86. The van der Waals surface area contributed by atoms with Crippen molar-refractivity contribution in [1.29, 1.82) is 0 Å². The van der Waals surface area contributed by atoms with Gasteiger partial charge in [-0.25, -0.2) is 4.98 Å². The molecule has 0 saturated heterocycles. The van der Waals surface area contributed by atoms with E-state index in [0.29, 0.717) is 17.3 Å². The van der Waals surface area contributed by atoms with Crippen LogP contribution in [-0.4, -0.2) is 12.1 Å². The van der Waals surface area contributed by atoms with Crippen LogP contribution in [0.1, 0.15) is 17.2 Å². The molecule has 1 atom stereocenters. The van der Waals surface area contributed by atoms with Crippen molar-refractivity contribution in [3.63, 3.8) is 0 Å². The van der Waals surface area contributed by atoms with E-state index in [1.165, 1.54) is 6.20 Å². The molecule has 20 heavy (non-hydrogen) atoms. The predicted molar refractivity (Wildman–Crippen MR) is 80.4 cm³/mol. The van der Waals surface area contributed by atoms with E-state index in [1.807, 2.05) is 24.3 Å². The highest BCUT2D eigenvalue weighted by Crippen LogP contribution is 2.28. The molecule has 0 bridgehead atoms. The first-order valence-electron chi connectivity index (χ1n) is 6.14. The molecule has 5 nitrogen and oxygen atoms in total. The van der Waals surface area contributed by atoms with Crippen molar-refractivity contribution in [2.75, 3.05) is 12.8 Å². The molecule has 0 radical (unpaired) electrons. The van der Waals surface area contributed by atoms with Crippen molar-refractivity contribution in [3.8, 4) is 5.75 Å². The summed E-state index contributed by atoms with van der Waals surface area (Å²) in [4.78, 5) is 4.05. The van der Waals surface area contributed by atoms with Gasteiger partial charge in [0, 0.05) is 11.8 Å². The maximum atomic E-state index is 5.97. The summed E-state index contributed by atoms with van der Waals surface area (Å²) in [6, 6.07) is 9.33. The zero-order valence-corrected chi connectivity index (χ0v) is 11.9. The number of halogens is 1. The standard InChI is InChI=1S/C14H17ClN4O/c1-20-13-5-3-2-4-9(13)6-12(19-17)11-7-10(15)8-18-14(11)16/h2-5,7-8,12,19H,6,17H2,1H3,(H2,16,18). The number of benzene rings is 1. The Morgan fingerprint density at radius 1 is 1.40 bits per heavy atom. The van der Waals surface area contributed by atoms with Crippen molar-refractivity contribution >= 4 is 17.4 Å². The summed E-state index contributed by atoms with van der Waals surface area (Å²) in [6.45, 7) is 0. The van der Waals surface area contributed by atoms with E-state index in [1.54, 1.807) is 13.2 Å². The molecule has 2 aromatic rings. The van der Waals surface area contributed by atoms with Crippen LogP contribution < -0.4 is 21.7 Å². The van der Waals surface area contributed by atoms with Gasteiger partial charge >= 0.3 is 0 Å². The number of nitrogen functional groups attached to an aromatic ring is 1.